The molecule has 1 saturated carbocycles. The quantitative estimate of drug-likeness (QED) is 0.634. The van der Waals surface area contributed by atoms with Crippen molar-refractivity contribution in [3.8, 4) is 11.5 Å². The van der Waals surface area contributed by atoms with Gasteiger partial charge in [-0.25, -0.2) is 0 Å². The Bertz CT molecular complexity index is 745. The van der Waals surface area contributed by atoms with Crippen LogP contribution in [0.3, 0.4) is 0 Å². The molecule has 2 aliphatic carbocycles. The Morgan fingerprint density at radius 3 is 2.63 bits per heavy atom. The highest BCUT2D eigenvalue weighted by Gasteiger charge is 2.72. The van der Waals surface area contributed by atoms with Crippen molar-refractivity contribution in [2.75, 3.05) is 20.7 Å². The minimum Gasteiger partial charge on any atom is -0.493 e. The fraction of sp³-hybridized carbons (Fsp3) is 0.611. The predicted molar refractivity (Wildman–Crippen MR) is 101 cm³/mol. The summed E-state index contributed by atoms with van der Waals surface area (Å²) in [6.07, 6.45) is 1.89. The van der Waals surface area contributed by atoms with E-state index >= 15 is 0 Å². The Balaban J connectivity index is 0.000000911. The standard InChI is InChI=1S/C18H21NO4.ClH.3H2O/c1-19-8-7-17-14-10-3-4-12(22-2)15(14)23-16(17)11(20)5-6-18(17,21)13(19)9-10;;;;/h3-4,13,16,21H,5-9H2,1-2H3;1H;3*1H2/t13?,16-,17-,18?;;;;/m0..../s1. The van der Waals surface area contributed by atoms with E-state index in [2.05, 4.69) is 18.0 Å². The van der Waals surface area contributed by atoms with Crippen molar-refractivity contribution in [1.82, 2.24) is 4.90 Å². The summed E-state index contributed by atoms with van der Waals surface area (Å²) in [5, 5.41) is 11.7. The molecule has 1 aromatic rings. The van der Waals surface area contributed by atoms with Crippen LogP contribution >= 0.6 is 12.4 Å². The summed E-state index contributed by atoms with van der Waals surface area (Å²) in [7, 11) is 3.70. The van der Waals surface area contributed by atoms with Crippen LogP contribution < -0.4 is 9.47 Å². The third-order valence-electron chi connectivity index (χ3n) is 6.73. The number of ketones is 1. The van der Waals surface area contributed by atoms with Gasteiger partial charge in [0.05, 0.1) is 18.1 Å². The number of nitrogens with zero attached hydrogens (tertiary/aromatic N) is 1. The lowest BCUT2D eigenvalue weighted by atomic mass is 9.49. The molecule has 4 aliphatic rings. The number of ether oxygens (including phenoxy) is 2. The molecule has 2 fully saturated rings. The average Bonchev–Trinajstić information content (AvgIpc) is 2.90. The van der Waals surface area contributed by atoms with E-state index < -0.39 is 17.1 Å². The summed E-state index contributed by atoms with van der Waals surface area (Å²) in [6.45, 7) is 0.871. The van der Waals surface area contributed by atoms with Crippen molar-refractivity contribution < 1.29 is 35.8 Å². The molecule has 1 aromatic carbocycles. The summed E-state index contributed by atoms with van der Waals surface area (Å²) in [6, 6.07) is 4.05. The van der Waals surface area contributed by atoms with Crippen LogP contribution in [0.25, 0.3) is 0 Å². The number of carbonyl (C=O) groups is 1. The number of methoxy groups -OCH3 is 1. The highest BCUT2D eigenvalue weighted by molar-refractivity contribution is 5.90. The molecule has 8 nitrogen and oxygen atoms in total. The number of rotatable bonds is 1. The van der Waals surface area contributed by atoms with Crippen molar-refractivity contribution >= 4 is 18.2 Å². The molecular weight excluding hydrogens is 378 g/mol. The normalized spacial score (nSPS) is 34.6. The molecule has 1 saturated heterocycles. The average molecular weight is 406 g/mol. The van der Waals surface area contributed by atoms with Crippen molar-refractivity contribution in [1.29, 1.82) is 0 Å². The number of halogens is 1. The van der Waals surface area contributed by atoms with Crippen molar-refractivity contribution in [3.05, 3.63) is 23.3 Å². The number of Topliss-reactive ketones (excluding diaryl/α,β-unsaturated/α-hetero) is 1. The van der Waals surface area contributed by atoms with E-state index in [1.54, 1.807) is 7.11 Å². The largest absolute Gasteiger partial charge is 0.493 e. The van der Waals surface area contributed by atoms with E-state index in [4.69, 9.17) is 9.47 Å². The van der Waals surface area contributed by atoms with E-state index in [9.17, 15) is 9.90 Å². The van der Waals surface area contributed by atoms with Crippen LogP contribution in [0.2, 0.25) is 0 Å². The number of hydrogen-bond donors (Lipinski definition) is 1. The molecule has 1 spiro atoms. The fourth-order valence-corrected chi connectivity index (χ4v) is 5.69. The SMILES string of the molecule is COc1ccc2c3c1O[C@H]1C(=O)CCC4(O)C(C2)N(C)CC[C@]314.Cl.O.O.O. The maximum absolute atomic E-state index is 12.7. The number of carbonyl (C=O) groups excluding carboxylic acids is 1. The van der Waals surface area contributed by atoms with Gasteiger partial charge in [-0.15, -0.1) is 12.4 Å². The van der Waals surface area contributed by atoms with Crippen LogP contribution in [0.4, 0.5) is 0 Å². The van der Waals surface area contributed by atoms with E-state index in [0.29, 0.717) is 24.3 Å². The first-order chi connectivity index (χ1) is 11.0. The minimum absolute atomic E-state index is 0. The van der Waals surface area contributed by atoms with Crippen LogP contribution in [-0.2, 0) is 16.6 Å². The minimum atomic E-state index is -0.900. The molecule has 27 heavy (non-hydrogen) atoms. The van der Waals surface area contributed by atoms with Gasteiger partial charge in [-0.1, -0.05) is 6.07 Å². The number of aliphatic hydroxyl groups is 1. The Morgan fingerprint density at radius 1 is 1.26 bits per heavy atom. The fourth-order valence-electron chi connectivity index (χ4n) is 5.69. The van der Waals surface area contributed by atoms with Gasteiger partial charge < -0.3 is 35.9 Å². The van der Waals surface area contributed by atoms with Crippen molar-refractivity contribution in [2.45, 2.75) is 48.8 Å². The Labute approximate surface area is 163 Å². The molecule has 2 unspecified atom stereocenters. The first-order valence-electron chi connectivity index (χ1n) is 8.35. The monoisotopic (exact) mass is 405 g/mol. The maximum Gasteiger partial charge on any atom is 0.174 e. The van der Waals surface area contributed by atoms with E-state index in [-0.39, 0.29) is 40.7 Å². The van der Waals surface area contributed by atoms with Gasteiger partial charge in [-0.3, -0.25) is 4.79 Å². The summed E-state index contributed by atoms with van der Waals surface area (Å²) < 4.78 is 11.6. The van der Waals surface area contributed by atoms with E-state index in [1.807, 2.05) is 6.07 Å². The van der Waals surface area contributed by atoms with Gasteiger partial charge in [-0.05, 0) is 44.5 Å². The second-order valence-electron chi connectivity index (χ2n) is 7.44. The number of likely N-dealkylation sites (tertiary alicyclic amines) is 1. The van der Waals surface area contributed by atoms with Crippen LogP contribution in [0.5, 0.6) is 11.5 Å². The lowest BCUT2D eigenvalue weighted by Gasteiger charge is -2.62. The topological polar surface area (TPSA) is 154 Å². The molecule has 2 aliphatic heterocycles. The number of likely N-dealkylation sites (N-methyl/N-ethyl adjacent to an activating group) is 1. The zero-order chi connectivity index (χ0) is 16.0. The maximum atomic E-state index is 12.7. The van der Waals surface area contributed by atoms with Gasteiger partial charge in [0.25, 0.3) is 0 Å². The molecular formula is C18H28ClNO7. The second-order valence-corrected chi connectivity index (χ2v) is 7.44. The van der Waals surface area contributed by atoms with Crippen LogP contribution in [-0.4, -0.2) is 70.7 Å². The molecule has 7 N–H and O–H groups in total. The van der Waals surface area contributed by atoms with E-state index in [0.717, 1.165) is 24.9 Å². The zero-order valence-corrected chi connectivity index (χ0v) is 16.2. The molecule has 2 heterocycles. The molecule has 0 aromatic heterocycles. The van der Waals surface area contributed by atoms with Crippen LogP contribution in [0, 0.1) is 0 Å². The Morgan fingerprint density at radius 2 is 1.96 bits per heavy atom. The van der Waals surface area contributed by atoms with Gasteiger partial charge >= 0.3 is 0 Å². The molecule has 0 radical (unpaired) electrons. The molecule has 5 rings (SSSR count). The first kappa shape index (κ1) is 23.6. The number of piperidine rings is 1. The van der Waals surface area contributed by atoms with Gasteiger partial charge in [0.2, 0.25) is 0 Å². The summed E-state index contributed by atoms with van der Waals surface area (Å²) in [5.74, 6) is 1.47. The third kappa shape index (κ3) is 2.38. The zero-order valence-electron chi connectivity index (χ0n) is 15.4. The molecule has 0 amide bonds. The molecule has 4 atom stereocenters. The Kier molecular flexibility index (Phi) is 6.29. The highest BCUT2D eigenvalue weighted by atomic mass is 35.5. The predicted octanol–water partition coefficient (Wildman–Crippen LogP) is -1.00. The smallest absolute Gasteiger partial charge is 0.174 e. The lowest BCUT2D eigenvalue weighted by Crippen LogP contribution is -2.76. The number of benzene rings is 1. The number of hydrogen-bond acceptors (Lipinski definition) is 5. The summed E-state index contributed by atoms with van der Waals surface area (Å²) >= 11 is 0. The van der Waals surface area contributed by atoms with Gasteiger partial charge in [0, 0.05) is 18.0 Å². The molecule has 9 heteroatoms. The van der Waals surface area contributed by atoms with Crippen molar-refractivity contribution in [3.63, 3.8) is 0 Å². The third-order valence-corrected chi connectivity index (χ3v) is 6.73. The second kappa shape index (κ2) is 7.20. The highest BCUT2D eigenvalue weighted by Crippen LogP contribution is 2.64. The summed E-state index contributed by atoms with van der Waals surface area (Å²) in [5.41, 5.74) is 0.737. The summed E-state index contributed by atoms with van der Waals surface area (Å²) in [4.78, 5) is 14.9. The molecule has 154 valence electrons. The van der Waals surface area contributed by atoms with Gasteiger partial charge in [0.1, 0.15) is 0 Å². The molecule has 2 bridgehead atoms. The lowest BCUT2D eigenvalue weighted by molar-refractivity contribution is -0.185. The van der Waals surface area contributed by atoms with E-state index in [1.165, 1.54) is 5.56 Å². The van der Waals surface area contributed by atoms with Gasteiger partial charge in [0.15, 0.2) is 23.4 Å². The first-order valence-corrected chi connectivity index (χ1v) is 8.35. The van der Waals surface area contributed by atoms with Crippen LogP contribution in [0.15, 0.2) is 12.1 Å². The van der Waals surface area contributed by atoms with Crippen molar-refractivity contribution in [2.24, 2.45) is 0 Å². The Hall–Kier alpha value is -1.42. The van der Waals surface area contributed by atoms with Gasteiger partial charge in [-0.2, -0.15) is 0 Å². The van der Waals surface area contributed by atoms with Crippen LogP contribution in [0.1, 0.15) is 30.4 Å².